The van der Waals surface area contributed by atoms with Crippen molar-refractivity contribution in [1.29, 1.82) is 0 Å². The number of rotatable bonds is 5. The van der Waals surface area contributed by atoms with Gasteiger partial charge in [0.1, 0.15) is 5.76 Å². The van der Waals surface area contributed by atoms with Crippen LogP contribution in [0.2, 0.25) is 0 Å². The van der Waals surface area contributed by atoms with Crippen LogP contribution in [-0.2, 0) is 11.2 Å². The van der Waals surface area contributed by atoms with Crippen LogP contribution >= 0.6 is 0 Å². The average Bonchev–Trinajstić information content (AvgIpc) is 2.97. The molecule has 1 aliphatic carbocycles. The number of nitrogens with one attached hydrogen (secondary N) is 1. The van der Waals surface area contributed by atoms with Gasteiger partial charge in [-0.1, -0.05) is 0 Å². The monoisotopic (exact) mass is 250 g/mol. The van der Waals surface area contributed by atoms with E-state index >= 15 is 0 Å². The lowest BCUT2D eigenvalue weighted by Gasteiger charge is -2.16. The molecule has 1 amide bonds. The highest BCUT2D eigenvalue weighted by atomic mass is 16.3. The third-order valence-electron chi connectivity index (χ3n) is 3.64. The Hall–Kier alpha value is -1.29. The molecule has 1 fully saturated rings. The molecule has 0 spiro atoms. The highest BCUT2D eigenvalue weighted by molar-refractivity contribution is 5.79. The van der Waals surface area contributed by atoms with Gasteiger partial charge in [-0.05, 0) is 44.7 Å². The number of carbonyl (C=O) groups excluding carboxylic acids is 1. The topological polar surface area (TPSA) is 68.3 Å². The van der Waals surface area contributed by atoms with Crippen molar-refractivity contribution < 1.29 is 9.21 Å². The van der Waals surface area contributed by atoms with Gasteiger partial charge in [-0.15, -0.1) is 0 Å². The van der Waals surface area contributed by atoms with Crippen LogP contribution < -0.4 is 11.1 Å². The van der Waals surface area contributed by atoms with E-state index in [-0.39, 0.29) is 23.9 Å². The highest BCUT2D eigenvalue weighted by Gasteiger charge is 2.28. The number of aryl methyl sites for hydroxylation is 1. The van der Waals surface area contributed by atoms with Crippen molar-refractivity contribution in [3.63, 3.8) is 0 Å². The number of nitrogens with two attached hydrogens (primary N) is 1. The van der Waals surface area contributed by atoms with Crippen LogP contribution in [0, 0.1) is 5.92 Å². The van der Waals surface area contributed by atoms with Crippen molar-refractivity contribution in [2.24, 2.45) is 11.7 Å². The van der Waals surface area contributed by atoms with Gasteiger partial charge in [-0.2, -0.15) is 0 Å². The van der Waals surface area contributed by atoms with Crippen LogP contribution in [0.15, 0.2) is 22.8 Å². The van der Waals surface area contributed by atoms with Crippen LogP contribution in [0.25, 0.3) is 0 Å². The van der Waals surface area contributed by atoms with Crippen LogP contribution in [0.4, 0.5) is 0 Å². The molecule has 3 unspecified atom stereocenters. The van der Waals surface area contributed by atoms with Crippen molar-refractivity contribution in [2.45, 2.75) is 51.1 Å². The molecule has 2 rings (SSSR count). The van der Waals surface area contributed by atoms with Gasteiger partial charge in [0, 0.05) is 24.4 Å². The molecule has 0 bridgehead atoms. The Bertz CT molecular complexity index is 375. The summed E-state index contributed by atoms with van der Waals surface area (Å²) in [5.74, 6) is 1.25. The van der Waals surface area contributed by atoms with Gasteiger partial charge >= 0.3 is 0 Å². The molecule has 1 aliphatic rings. The van der Waals surface area contributed by atoms with E-state index < -0.39 is 0 Å². The summed E-state index contributed by atoms with van der Waals surface area (Å²) >= 11 is 0. The number of hydrogen-bond donors (Lipinski definition) is 2. The van der Waals surface area contributed by atoms with Gasteiger partial charge < -0.3 is 15.5 Å². The van der Waals surface area contributed by atoms with E-state index in [0.29, 0.717) is 0 Å². The van der Waals surface area contributed by atoms with Crippen LogP contribution in [0.1, 0.15) is 38.4 Å². The smallest absolute Gasteiger partial charge is 0.223 e. The molecule has 0 aromatic carbocycles. The van der Waals surface area contributed by atoms with Gasteiger partial charge in [-0.3, -0.25) is 4.79 Å². The van der Waals surface area contributed by atoms with Crippen molar-refractivity contribution in [3.8, 4) is 0 Å². The van der Waals surface area contributed by atoms with E-state index in [0.717, 1.165) is 37.9 Å². The predicted molar refractivity (Wildman–Crippen MR) is 70.0 cm³/mol. The minimum absolute atomic E-state index is 0.117. The lowest BCUT2D eigenvalue weighted by molar-refractivity contribution is -0.125. The molecule has 0 radical (unpaired) electrons. The number of amides is 1. The summed E-state index contributed by atoms with van der Waals surface area (Å²) in [6.45, 7) is 2.04. The van der Waals surface area contributed by atoms with E-state index in [1.54, 1.807) is 6.26 Å². The zero-order valence-corrected chi connectivity index (χ0v) is 10.9. The summed E-state index contributed by atoms with van der Waals surface area (Å²) < 4.78 is 5.27. The third-order valence-corrected chi connectivity index (χ3v) is 3.64. The molecule has 1 heterocycles. The normalized spacial score (nSPS) is 25.0. The minimum atomic E-state index is 0.117. The lowest BCUT2D eigenvalue weighted by Crippen LogP contribution is -2.37. The van der Waals surface area contributed by atoms with Gasteiger partial charge in [0.25, 0.3) is 0 Å². The van der Waals surface area contributed by atoms with Crippen LogP contribution in [0.3, 0.4) is 0 Å². The molecule has 0 aliphatic heterocycles. The summed E-state index contributed by atoms with van der Waals surface area (Å²) in [6, 6.07) is 4.24. The molecule has 18 heavy (non-hydrogen) atoms. The Kier molecular flexibility index (Phi) is 4.42. The summed E-state index contributed by atoms with van der Waals surface area (Å²) in [5, 5.41) is 3.07. The predicted octanol–water partition coefficient (Wildman–Crippen LogP) is 1.84. The van der Waals surface area contributed by atoms with Crippen molar-refractivity contribution >= 4 is 5.91 Å². The summed E-state index contributed by atoms with van der Waals surface area (Å²) in [6.07, 6.45) is 6.17. The van der Waals surface area contributed by atoms with Crippen molar-refractivity contribution in [3.05, 3.63) is 24.2 Å². The second kappa shape index (κ2) is 6.05. The molecule has 3 N–H and O–H groups in total. The molecule has 100 valence electrons. The van der Waals surface area contributed by atoms with Crippen LogP contribution in [-0.4, -0.2) is 18.0 Å². The zero-order valence-electron chi connectivity index (χ0n) is 10.9. The molecule has 1 saturated carbocycles. The fourth-order valence-corrected chi connectivity index (χ4v) is 2.50. The van der Waals surface area contributed by atoms with Crippen molar-refractivity contribution in [2.75, 3.05) is 0 Å². The number of hydrogen-bond acceptors (Lipinski definition) is 3. The van der Waals surface area contributed by atoms with Gasteiger partial charge in [0.15, 0.2) is 0 Å². The Labute approximate surface area is 108 Å². The summed E-state index contributed by atoms with van der Waals surface area (Å²) in [7, 11) is 0. The second-order valence-electron chi connectivity index (χ2n) is 5.30. The van der Waals surface area contributed by atoms with E-state index in [2.05, 4.69) is 5.32 Å². The fraction of sp³-hybridized carbons (Fsp3) is 0.643. The van der Waals surface area contributed by atoms with Gasteiger partial charge in [-0.25, -0.2) is 0 Å². The zero-order chi connectivity index (χ0) is 13.0. The van der Waals surface area contributed by atoms with E-state index in [9.17, 15) is 4.79 Å². The second-order valence-corrected chi connectivity index (χ2v) is 5.30. The molecule has 3 atom stereocenters. The molecule has 0 saturated heterocycles. The van der Waals surface area contributed by atoms with E-state index in [1.807, 2.05) is 19.1 Å². The Morgan fingerprint density at radius 1 is 1.61 bits per heavy atom. The SMILES string of the molecule is CC(CCc1ccco1)NC(=O)C1CCC(N)C1. The molecular weight excluding hydrogens is 228 g/mol. The maximum absolute atomic E-state index is 12.0. The Balaban J connectivity index is 1.70. The highest BCUT2D eigenvalue weighted by Crippen LogP contribution is 2.24. The maximum atomic E-state index is 12.0. The first-order chi connectivity index (χ1) is 8.65. The lowest BCUT2D eigenvalue weighted by atomic mass is 10.1. The molecule has 1 aromatic heterocycles. The fourth-order valence-electron chi connectivity index (χ4n) is 2.50. The molecule has 4 nitrogen and oxygen atoms in total. The number of furan rings is 1. The summed E-state index contributed by atoms with van der Waals surface area (Å²) in [5.41, 5.74) is 5.82. The standard InChI is InChI=1S/C14H22N2O2/c1-10(4-7-13-3-2-8-18-13)16-14(17)11-5-6-12(15)9-11/h2-3,8,10-12H,4-7,9,15H2,1H3,(H,16,17). The maximum Gasteiger partial charge on any atom is 0.223 e. The first-order valence-corrected chi connectivity index (χ1v) is 6.73. The minimum Gasteiger partial charge on any atom is -0.469 e. The Morgan fingerprint density at radius 3 is 3.06 bits per heavy atom. The molecule has 4 heteroatoms. The molecule has 1 aromatic rings. The third kappa shape index (κ3) is 3.60. The first kappa shape index (κ1) is 13.1. The number of carbonyl (C=O) groups is 1. The summed E-state index contributed by atoms with van der Waals surface area (Å²) in [4.78, 5) is 12.0. The van der Waals surface area contributed by atoms with Gasteiger partial charge in [0.2, 0.25) is 5.91 Å². The van der Waals surface area contributed by atoms with Crippen LogP contribution in [0.5, 0.6) is 0 Å². The van der Waals surface area contributed by atoms with Gasteiger partial charge in [0.05, 0.1) is 6.26 Å². The van der Waals surface area contributed by atoms with E-state index in [4.69, 9.17) is 10.2 Å². The van der Waals surface area contributed by atoms with E-state index in [1.165, 1.54) is 0 Å². The van der Waals surface area contributed by atoms with Crippen molar-refractivity contribution in [1.82, 2.24) is 5.32 Å². The first-order valence-electron chi connectivity index (χ1n) is 6.73. The molecular formula is C14H22N2O2. The Morgan fingerprint density at radius 2 is 2.44 bits per heavy atom. The quantitative estimate of drug-likeness (QED) is 0.838. The largest absolute Gasteiger partial charge is 0.469 e. The average molecular weight is 250 g/mol.